The Kier molecular flexibility index (Phi) is 5.01. The summed E-state index contributed by atoms with van der Waals surface area (Å²) >= 11 is 0. The number of benzene rings is 1. The second-order valence-electron chi connectivity index (χ2n) is 5.59. The van der Waals surface area contributed by atoms with Gasteiger partial charge in [0, 0.05) is 18.2 Å². The maximum atomic E-state index is 12.5. The third-order valence-electron chi connectivity index (χ3n) is 4.51. The zero-order valence-electron chi connectivity index (χ0n) is 13.6. The van der Waals surface area contributed by atoms with Crippen LogP contribution in [-0.2, 0) is 19.4 Å². The Morgan fingerprint density at radius 3 is 2.30 bits per heavy atom. The van der Waals surface area contributed by atoms with E-state index in [2.05, 4.69) is 0 Å². The Hall–Kier alpha value is -1.60. The van der Waals surface area contributed by atoms with Crippen LogP contribution in [0.2, 0.25) is 0 Å². The minimum absolute atomic E-state index is 0.0362. The van der Waals surface area contributed by atoms with E-state index in [9.17, 15) is 13.2 Å². The summed E-state index contributed by atoms with van der Waals surface area (Å²) in [4.78, 5) is 12.4. The van der Waals surface area contributed by atoms with Gasteiger partial charge in [-0.15, -0.1) is 0 Å². The minimum atomic E-state index is -3.43. The van der Waals surface area contributed by atoms with Crippen LogP contribution in [-0.4, -0.2) is 45.7 Å². The number of carbonyl (C=O) groups is 1. The Morgan fingerprint density at radius 2 is 1.87 bits per heavy atom. The highest BCUT2D eigenvalue weighted by atomic mass is 32.2. The maximum Gasteiger partial charge on any atom is 0.315 e. The molecule has 0 unspecified atom stereocenters. The second-order valence-corrected chi connectivity index (χ2v) is 8.00. The van der Waals surface area contributed by atoms with Crippen LogP contribution in [0.4, 0.5) is 0 Å². The number of nitrogens with two attached hydrogens (primary N) is 1. The normalized spacial score (nSPS) is 26.6. The molecule has 1 fully saturated rings. The van der Waals surface area contributed by atoms with Gasteiger partial charge in [0.2, 0.25) is 0 Å². The third kappa shape index (κ3) is 2.83. The molecule has 2 rings (SSSR count). The molecule has 0 heterocycles. The molecule has 7 heteroatoms. The lowest BCUT2D eigenvalue weighted by Gasteiger charge is -2.14. The molecule has 128 valence electrons. The highest BCUT2D eigenvalue weighted by molar-refractivity contribution is 7.92. The molecule has 3 atom stereocenters. The van der Waals surface area contributed by atoms with Crippen molar-refractivity contribution in [1.82, 2.24) is 0 Å². The van der Waals surface area contributed by atoms with E-state index in [1.807, 2.05) is 0 Å². The quantitative estimate of drug-likeness (QED) is 0.746. The van der Waals surface area contributed by atoms with Gasteiger partial charge in [0.15, 0.2) is 9.84 Å². The summed E-state index contributed by atoms with van der Waals surface area (Å²) in [6.07, 6.45) is 0. The Labute approximate surface area is 136 Å². The van der Waals surface area contributed by atoms with Crippen LogP contribution in [0.1, 0.15) is 25.3 Å². The lowest BCUT2D eigenvalue weighted by Crippen LogP contribution is -2.34. The fourth-order valence-corrected chi connectivity index (χ4v) is 5.31. The zero-order chi connectivity index (χ0) is 17.3. The minimum Gasteiger partial charge on any atom is -0.497 e. The fourth-order valence-electron chi connectivity index (χ4n) is 3.23. The van der Waals surface area contributed by atoms with E-state index in [1.165, 1.54) is 0 Å². The van der Waals surface area contributed by atoms with Gasteiger partial charge in [-0.2, -0.15) is 0 Å². The van der Waals surface area contributed by atoms with Crippen molar-refractivity contribution in [2.45, 2.75) is 25.0 Å². The number of ether oxygens (including phenoxy) is 2. The Balaban J connectivity index is 2.47. The van der Waals surface area contributed by atoms with E-state index >= 15 is 0 Å². The molecule has 0 aromatic heterocycles. The molecule has 0 bridgehead atoms. The van der Waals surface area contributed by atoms with Crippen LogP contribution >= 0.6 is 0 Å². The van der Waals surface area contributed by atoms with Crippen LogP contribution in [0.25, 0.3) is 0 Å². The molecule has 1 aliphatic carbocycles. The van der Waals surface area contributed by atoms with Crippen molar-refractivity contribution in [2.75, 3.05) is 26.0 Å². The first-order valence-electron chi connectivity index (χ1n) is 7.61. The van der Waals surface area contributed by atoms with Crippen molar-refractivity contribution in [3.63, 3.8) is 0 Å². The van der Waals surface area contributed by atoms with Gasteiger partial charge in [-0.1, -0.05) is 19.1 Å². The summed E-state index contributed by atoms with van der Waals surface area (Å²) in [6, 6.07) is 7.04. The largest absolute Gasteiger partial charge is 0.497 e. The van der Waals surface area contributed by atoms with E-state index in [0.29, 0.717) is 5.75 Å². The van der Waals surface area contributed by atoms with Crippen LogP contribution < -0.4 is 10.5 Å². The molecule has 2 N–H and O–H groups in total. The summed E-state index contributed by atoms with van der Waals surface area (Å²) < 4.78 is 35.2. The molecule has 6 nitrogen and oxygen atoms in total. The first-order valence-corrected chi connectivity index (χ1v) is 9.33. The molecule has 1 aliphatic rings. The van der Waals surface area contributed by atoms with Gasteiger partial charge in [0.25, 0.3) is 0 Å². The highest BCUT2D eigenvalue weighted by Gasteiger charge is 2.75. The van der Waals surface area contributed by atoms with Crippen molar-refractivity contribution in [1.29, 1.82) is 0 Å². The van der Waals surface area contributed by atoms with E-state index in [4.69, 9.17) is 15.2 Å². The van der Waals surface area contributed by atoms with Gasteiger partial charge in [0.1, 0.15) is 11.2 Å². The first-order chi connectivity index (χ1) is 10.9. The van der Waals surface area contributed by atoms with Gasteiger partial charge >= 0.3 is 5.97 Å². The van der Waals surface area contributed by atoms with Crippen LogP contribution in [0.5, 0.6) is 5.75 Å². The van der Waals surface area contributed by atoms with E-state index in [-0.39, 0.29) is 18.9 Å². The number of esters is 1. The lowest BCUT2D eigenvalue weighted by atomic mass is 9.99. The smallest absolute Gasteiger partial charge is 0.315 e. The lowest BCUT2D eigenvalue weighted by molar-refractivity contribution is -0.149. The van der Waals surface area contributed by atoms with Crippen LogP contribution in [0.15, 0.2) is 24.3 Å². The summed E-state index contributed by atoms with van der Waals surface area (Å²) in [6.45, 7) is 3.39. The van der Waals surface area contributed by atoms with E-state index in [1.54, 1.807) is 45.2 Å². The number of carbonyl (C=O) groups excluding carboxylic acids is 1. The topological polar surface area (TPSA) is 95.7 Å². The van der Waals surface area contributed by atoms with Crippen LogP contribution in [0, 0.1) is 5.41 Å². The SMILES string of the molecule is CCOC(=O)[C@@]1(CN)[C@@H](c2ccc(OC)cc2)[C@@H]1S(=O)(=O)CC. The summed E-state index contributed by atoms with van der Waals surface area (Å²) in [7, 11) is -1.88. The molecule has 0 amide bonds. The standard InChI is InChI=1S/C16H23NO5S/c1-4-22-15(18)16(10-17)13(14(16)23(19,20)5-2)11-6-8-12(21-3)9-7-11/h6-9,13-14H,4-5,10,17H2,1-3H3/t13-,14-,16-/m0/s1. The monoisotopic (exact) mass is 341 g/mol. The highest BCUT2D eigenvalue weighted by Crippen LogP contribution is 2.63. The van der Waals surface area contributed by atoms with Crippen molar-refractivity contribution in [2.24, 2.45) is 11.1 Å². The molecular formula is C16H23NO5S. The molecule has 0 spiro atoms. The van der Waals surface area contributed by atoms with Gasteiger partial charge in [-0.25, -0.2) is 8.42 Å². The molecule has 0 aliphatic heterocycles. The number of rotatable bonds is 7. The molecule has 1 saturated carbocycles. The van der Waals surface area contributed by atoms with Crippen molar-refractivity contribution in [3.05, 3.63) is 29.8 Å². The molecule has 23 heavy (non-hydrogen) atoms. The summed E-state index contributed by atoms with van der Waals surface area (Å²) in [5.41, 5.74) is 5.40. The average Bonchev–Trinajstić information content (AvgIpc) is 3.26. The molecule has 0 saturated heterocycles. The van der Waals surface area contributed by atoms with E-state index < -0.39 is 32.4 Å². The van der Waals surface area contributed by atoms with Crippen molar-refractivity contribution >= 4 is 15.8 Å². The number of sulfone groups is 1. The predicted molar refractivity (Wildman–Crippen MR) is 87.1 cm³/mol. The molecule has 1 aromatic rings. The Bertz CT molecular complexity index is 670. The molecular weight excluding hydrogens is 318 g/mol. The van der Waals surface area contributed by atoms with Crippen molar-refractivity contribution < 1.29 is 22.7 Å². The summed E-state index contributed by atoms with van der Waals surface area (Å²) in [5.74, 6) is -0.391. The Morgan fingerprint density at radius 1 is 1.26 bits per heavy atom. The molecule has 0 radical (unpaired) electrons. The second kappa shape index (κ2) is 6.49. The van der Waals surface area contributed by atoms with Gasteiger partial charge in [0.05, 0.1) is 19.0 Å². The zero-order valence-corrected chi connectivity index (χ0v) is 14.4. The predicted octanol–water partition coefficient (Wildman–Crippen LogP) is 1.10. The van der Waals surface area contributed by atoms with Gasteiger partial charge in [-0.05, 0) is 24.6 Å². The third-order valence-corrected chi connectivity index (χ3v) is 6.79. The number of methoxy groups -OCH3 is 1. The van der Waals surface area contributed by atoms with Gasteiger partial charge in [-0.3, -0.25) is 4.79 Å². The average molecular weight is 341 g/mol. The van der Waals surface area contributed by atoms with E-state index in [0.717, 1.165) is 5.56 Å². The molecule has 1 aromatic carbocycles. The first kappa shape index (κ1) is 17.7. The number of hydrogen-bond acceptors (Lipinski definition) is 6. The maximum absolute atomic E-state index is 12.5. The summed E-state index contributed by atoms with van der Waals surface area (Å²) in [5, 5.41) is -0.836. The van der Waals surface area contributed by atoms with Crippen LogP contribution in [0.3, 0.4) is 0 Å². The van der Waals surface area contributed by atoms with Gasteiger partial charge < -0.3 is 15.2 Å². The number of hydrogen-bond donors (Lipinski definition) is 1. The fraction of sp³-hybridized carbons (Fsp3) is 0.562. The van der Waals surface area contributed by atoms with Crippen molar-refractivity contribution in [3.8, 4) is 5.75 Å².